The fraction of sp³-hybridized carbons (Fsp3) is 0.389. The SMILES string of the molecule is Cc1nc(=O)[nH]c(C)c1CC(=O)N(C)Cc1ccc(N(C)C)cc1. The van der Waals surface area contributed by atoms with Crippen molar-refractivity contribution in [2.24, 2.45) is 0 Å². The summed E-state index contributed by atoms with van der Waals surface area (Å²) in [6, 6.07) is 8.12. The first-order valence-corrected chi connectivity index (χ1v) is 7.84. The number of carbonyl (C=O) groups excluding carboxylic acids is 1. The van der Waals surface area contributed by atoms with Gasteiger partial charge in [0.15, 0.2) is 0 Å². The van der Waals surface area contributed by atoms with E-state index < -0.39 is 0 Å². The molecule has 0 fully saturated rings. The third-order valence-corrected chi connectivity index (χ3v) is 4.08. The third kappa shape index (κ3) is 4.22. The van der Waals surface area contributed by atoms with Gasteiger partial charge < -0.3 is 14.8 Å². The molecule has 0 atom stereocenters. The molecule has 0 aliphatic heterocycles. The first-order chi connectivity index (χ1) is 11.3. The largest absolute Gasteiger partial charge is 0.378 e. The van der Waals surface area contributed by atoms with Crippen LogP contribution < -0.4 is 10.6 Å². The minimum Gasteiger partial charge on any atom is -0.378 e. The van der Waals surface area contributed by atoms with E-state index in [9.17, 15) is 9.59 Å². The molecule has 0 aliphatic carbocycles. The van der Waals surface area contributed by atoms with E-state index >= 15 is 0 Å². The predicted octanol–water partition coefficient (Wildman–Crippen LogP) is 1.65. The average molecular weight is 328 g/mol. The van der Waals surface area contributed by atoms with Crippen molar-refractivity contribution in [2.45, 2.75) is 26.8 Å². The Kier molecular flexibility index (Phi) is 5.39. The second-order valence-electron chi connectivity index (χ2n) is 6.22. The highest BCUT2D eigenvalue weighted by atomic mass is 16.2. The van der Waals surface area contributed by atoms with Gasteiger partial charge in [0.2, 0.25) is 5.91 Å². The Morgan fingerprint density at radius 1 is 1.12 bits per heavy atom. The average Bonchev–Trinajstić information content (AvgIpc) is 2.51. The summed E-state index contributed by atoms with van der Waals surface area (Å²) in [7, 11) is 5.77. The number of likely N-dealkylation sites (N-methyl/N-ethyl adjacent to an activating group) is 1. The van der Waals surface area contributed by atoms with Gasteiger partial charge in [-0.05, 0) is 31.5 Å². The number of benzene rings is 1. The van der Waals surface area contributed by atoms with Gasteiger partial charge in [-0.3, -0.25) is 4.79 Å². The van der Waals surface area contributed by atoms with Crippen LogP contribution in [0.15, 0.2) is 29.1 Å². The van der Waals surface area contributed by atoms with E-state index in [1.807, 2.05) is 43.3 Å². The number of nitrogens with zero attached hydrogens (tertiary/aromatic N) is 3. The smallest absolute Gasteiger partial charge is 0.345 e. The summed E-state index contributed by atoms with van der Waals surface area (Å²) in [6.07, 6.45) is 0.230. The number of aryl methyl sites for hydroxylation is 2. The molecule has 0 unspecified atom stereocenters. The molecule has 6 heteroatoms. The summed E-state index contributed by atoms with van der Waals surface area (Å²) in [5.74, 6) is -0.00765. The van der Waals surface area contributed by atoms with E-state index in [1.54, 1.807) is 25.8 Å². The van der Waals surface area contributed by atoms with Crippen LogP contribution in [0.4, 0.5) is 5.69 Å². The minimum atomic E-state index is -0.379. The molecule has 1 aromatic heterocycles. The maximum Gasteiger partial charge on any atom is 0.345 e. The minimum absolute atomic E-state index is 0.00765. The molecule has 0 saturated carbocycles. The Morgan fingerprint density at radius 2 is 1.75 bits per heavy atom. The number of amides is 1. The number of H-pyrrole nitrogens is 1. The van der Waals surface area contributed by atoms with Crippen LogP contribution >= 0.6 is 0 Å². The van der Waals surface area contributed by atoms with Crippen molar-refractivity contribution < 1.29 is 4.79 Å². The van der Waals surface area contributed by atoms with E-state index in [4.69, 9.17) is 0 Å². The molecule has 0 radical (unpaired) electrons. The second kappa shape index (κ2) is 7.29. The molecular weight excluding hydrogens is 304 g/mol. The van der Waals surface area contributed by atoms with Crippen LogP contribution in [0, 0.1) is 13.8 Å². The van der Waals surface area contributed by atoms with Gasteiger partial charge in [0.1, 0.15) is 0 Å². The Bertz CT molecular complexity index is 752. The van der Waals surface area contributed by atoms with Crippen molar-refractivity contribution in [3.63, 3.8) is 0 Å². The molecule has 128 valence electrons. The zero-order valence-electron chi connectivity index (χ0n) is 14.9. The monoisotopic (exact) mass is 328 g/mol. The second-order valence-corrected chi connectivity index (χ2v) is 6.22. The lowest BCUT2D eigenvalue weighted by Crippen LogP contribution is -2.29. The van der Waals surface area contributed by atoms with Crippen LogP contribution in [-0.4, -0.2) is 41.9 Å². The van der Waals surface area contributed by atoms with Gasteiger partial charge in [0.25, 0.3) is 0 Å². The number of anilines is 1. The molecule has 1 amide bonds. The maximum atomic E-state index is 12.5. The molecule has 6 nitrogen and oxygen atoms in total. The number of nitrogens with one attached hydrogen (secondary N) is 1. The fourth-order valence-corrected chi connectivity index (χ4v) is 2.56. The molecular formula is C18H24N4O2. The normalized spacial score (nSPS) is 10.5. The van der Waals surface area contributed by atoms with Gasteiger partial charge in [0.05, 0.1) is 6.42 Å². The molecule has 1 heterocycles. The van der Waals surface area contributed by atoms with Gasteiger partial charge in [-0.2, -0.15) is 4.98 Å². The Hall–Kier alpha value is -2.63. The summed E-state index contributed by atoms with van der Waals surface area (Å²) >= 11 is 0. The zero-order chi connectivity index (χ0) is 17.9. The molecule has 2 aromatic rings. The van der Waals surface area contributed by atoms with Crippen molar-refractivity contribution in [1.29, 1.82) is 0 Å². The van der Waals surface area contributed by atoms with E-state index in [0.717, 1.165) is 16.8 Å². The highest BCUT2D eigenvalue weighted by Gasteiger charge is 2.15. The summed E-state index contributed by atoms with van der Waals surface area (Å²) in [5.41, 5.74) is 3.91. The quantitative estimate of drug-likeness (QED) is 0.906. The van der Waals surface area contributed by atoms with E-state index in [-0.39, 0.29) is 18.0 Å². The topological polar surface area (TPSA) is 69.3 Å². The predicted molar refractivity (Wildman–Crippen MR) is 95.3 cm³/mol. The lowest BCUT2D eigenvalue weighted by Gasteiger charge is -2.19. The number of hydrogen-bond donors (Lipinski definition) is 1. The van der Waals surface area contributed by atoms with Crippen molar-refractivity contribution in [2.75, 3.05) is 26.0 Å². The first-order valence-electron chi connectivity index (χ1n) is 7.84. The Morgan fingerprint density at radius 3 is 2.29 bits per heavy atom. The summed E-state index contributed by atoms with van der Waals surface area (Å²) in [6.45, 7) is 4.09. The van der Waals surface area contributed by atoms with Crippen LogP contribution in [0.2, 0.25) is 0 Å². The number of hydrogen-bond acceptors (Lipinski definition) is 4. The lowest BCUT2D eigenvalue weighted by atomic mass is 10.1. The van der Waals surface area contributed by atoms with Crippen LogP contribution in [0.25, 0.3) is 0 Å². The van der Waals surface area contributed by atoms with Crippen LogP contribution in [0.5, 0.6) is 0 Å². The third-order valence-electron chi connectivity index (χ3n) is 4.08. The van der Waals surface area contributed by atoms with Crippen molar-refractivity contribution >= 4 is 11.6 Å². The van der Waals surface area contributed by atoms with Gasteiger partial charge >= 0.3 is 5.69 Å². The molecule has 24 heavy (non-hydrogen) atoms. The van der Waals surface area contributed by atoms with Gasteiger partial charge in [-0.1, -0.05) is 12.1 Å². The van der Waals surface area contributed by atoms with Gasteiger partial charge in [0, 0.05) is 50.3 Å². The van der Waals surface area contributed by atoms with Crippen molar-refractivity contribution in [3.05, 3.63) is 57.3 Å². The van der Waals surface area contributed by atoms with Gasteiger partial charge in [-0.25, -0.2) is 4.79 Å². The summed E-state index contributed by atoms with van der Waals surface area (Å²) < 4.78 is 0. The number of carbonyl (C=O) groups is 1. The summed E-state index contributed by atoms with van der Waals surface area (Å²) in [4.78, 5) is 34.1. The number of aromatic amines is 1. The van der Waals surface area contributed by atoms with Crippen LogP contribution in [-0.2, 0) is 17.8 Å². The number of aromatic nitrogens is 2. The molecule has 2 rings (SSSR count). The Balaban J connectivity index is 2.06. The van der Waals surface area contributed by atoms with E-state index in [1.165, 1.54) is 0 Å². The van der Waals surface area contributed by atoms with E-state index in [2.05, 4.69) is 9.97 Å². The van der Waals surface area contributed by atoms with E-state index in [0.29, 0.717) is 17.9 Å². The first kappa shape index (κ1) is 17.7. The molecule has 0 bridgehead atoms. The molecule has 0 aliphatic rings. The number of rotatable bonds is 5. The Labute approximate surface area is 142 Å². The van der Waals surface area contributed by atoms with Crippen molar-refractivity contribution in [3.8, 4) is 0 Å². The standard InChI is InChI=1S/C18H24N4O2/c1-12-16(13(2)20-18(24)19-12)10-17(23)22(5)11-14-6-8-15(9-7-14)21(3)4/h6-9H,10-11H2,1-5H3,(H,19,20,24). The van der Waals surface area contributed by atoms with Gasteiger partial charge in [-0.15, -0.1) is 0 Å². The highest BCUT2D eigenvalue weighted by Crippen LogP contribution is 2.14. The van der Waals surface area contributed by atoms with Crippen LogP contribution in [0.3, 0.4) is 0 Å². The highest BCUT2D eigenvalue weighted by molar-refractivity contribution is 5.79. The molecule has 0 saturated heterocycles. The lowest BCUT2D eigenvalue weighted by molar-refractivity contribution is -0.129. The fourth-order valence-electron chi connectivity index (χ4n) is 2.56. The summed E-state index contributed by atoms with van der Waals surface area (Å²) in [5, 5.41) is 0. The zero-order valence-corrected chi connectivity index (χ0v) is 14.9. The molecule has 1 N–H and O–H groups in total. The molecule has 0 spiro atoms. The maximum absolute atomic E-state index is 12.5. The molecule has 1 aromatic carbocycles. The van der Waals surface area contributed by atoms with Crippen LogP contribution in [0.1, 0.15) is 22.5 Å². The van der Waals surface area contributed by atoms with Crippen molar-refractivity contribution in [1.82, 2.24) is 14.9 Å².